The van der Waals surface area contributed by atoms with Gasteiger partial charge in [0.25, 0.3) is 0 Å². The van der Waals surface area contributed by atoms with E-state index in [2.05, 4.69) is 0 Å². The van der Waals surface area contributed by atoms with Crippen LogP contribution in [0.4, 0.5) is 0 Å². The molecule has 0 bridgehead atoms. The smallest absolute Gasteiger partial charge is 0.198 e. The Balaban J connectivity index is 2.61. The molecule has 2 unspecified atom stereocenters. The molecule has 4 heteroatoms. The van der Waals surface area contributed by atoms with Gasteiger partial charge in [0, 0.05) is 7.11 Å². The van der Waals surface area contributed by atoms with Crippen LogP contribution in [0.15, 0.2) is 0 Å². The molecule has 1 fully saturated rings. The third-order valence-electron chi connectivity index (χ3n) is 1.43. The Morgan fingerprint density at radius 2 is 2.33 bits per heavy atom. The molecule has 3 N–H and O–H groups in total. The Morgan fingerprint density at radius 1 is 1.78 bits per heavy atom. The predicted molar refractivity (Wildman–Crippen MR) is 31.5 cm³/mol. The zero-order valence-electron chi connectivity index (χ0n) is 5.05. The minimum absolute atomic E-state index is 0.00926. The second kappa shape index (κ2) is 1.89. The first kappa shape index (κ1) is 6.38. The number of nitrogens with one attached hydrogen (secondary N) is 1. The standard InChI is InChI=1S/C5H8N2O2/c1-9-5-2(6)4(8)3(5)7/h2,5,7H,6H2,1H3. The van der Waals surface area contributed by atoms with E-state index in [-0.39, 0.29) is 11.5 Å². The van der Waals surface area contributed by atoms with E-state index in [9.17, 15) is 4.79 Å². The highest BCUT2D eigenvalue weighted by molar-refractivity contribution is 6.49. The average molecular weight is 128 g/mol. The summed E-state index contributed by atoms with van der Waals surface area (Å²) in [5.41, 5.74) is 5.24. The number of hydrogen-bond acceptors (Lipinski definition) is 4. The summed E-state index contributed by atoms with van der Waals surface area (Å²) in [5.74, 6) is -0.304. The van der Waals surface area contributed by atoms with Crippen LogP contribution in [0.1, 0.15) is 0 Å². The molecule has 0 aromatic carbocycles. The summed E-state index contributed by atoms with van der Waals surface area (Å²) in [5, 5.41) is 6.97. The lowest BCUT2D eigenvalue weighted by molar-refractivity contribution is -0.120. The molecule has 0 heterocycles. The minimum Gasteiger partial charge on any atom is -0.373 e. The van der Waals surface area contributed by atoms with Gasteiger partial charge >= 0.3 is 0 Å². The molecular formula is C5H8N2O2. The van der Waals surface area contributed by atoms with Crippen molar-refractivity contribution in [3.8, 4) is 0 Å². The van der Waals surface area contributed by atoms with Crippen molar-refractivity contribution in [1.82, 2.24) is 0 Å². The molecule has 50 valence electrons. The van der Waals surface area contributed by atoms with Crippen molar-refractivity contribution in [3.05, 3.63) is 0 Å². The molecule has 0 saturated heterocycles. The zero-order valence-corrected chi connectivity index (χ0v) is 5.05. The lowest BCUT2D eigenvalue weighted by Crippen LogP contribution is -2.62. The van der Waals surface area contributed by atoms with E-state index < -0.39 is 12.1 Å². The van der Waals surface area contributed by atoms with Crippen molar-refractivity contribution in [2.75, 3.05) is 7.11 Å². The normalized spacial score (nSPS) is 34.4. The summed E-state index contributed by atoms with van der Waals surface area (Å²) < 4.78 is 4.71. The number of rotatable bonds is 1. The number of Topliss-reactive ketones (excluding diaryl/α,β-unsaturated/α-hetero) is 1. The molecule has 1 aliphatic rings. The number of carbonyl (C=O) groups is 1. The molecular weight excluding hydrogens is 120 g/mol. The predicted octanol–water partition coefficient (Wildman–Crippen LogP) is -1.07. The summed E-state index contributed by atoms with van der Waals surface area (Å²) in [4.78, 5) is 10.5. The Hall–Kier alpha value is -0.740. The van der Waals surface area contributed by atoms with Gasteiger partial charge in [0.05, 0.1) is 0 Å². The molecule has 1 saturated carbocycles. The summed E-state index contributed by atoms with van der Waals surface area (Å²) in [6.07, 6.45) is -0.461. The molecule has 1 aliphatic carbocycles. The molecule has 4 nitrogen and oxygen atoms in total. The molecule has 0 aromatic heterocycles. The van der Waals surface area contributed by atoms with Crippen molar-refractivity contribution in [1.29, 1.82) is 5.41 Å². The first-order chi connectivity index (χ1) is 4.18. The van der Waals surface area contributed by atoms with Gasteiger partial charge in [-0.05, 0) is 0 Å². The number of ketones is 1. The van der Waals surface area contributed by atoms with Crippen LogP contribution in [-0.2, 0) is 9.53 Å². The Kier molecular flexibility index (Phi) is 1.34. The van der Waals surface area contributed by atoms with Crippen molar-refractivity contribution >= 4 is 11.5 Å². The SMILES string of the molecule is COC1C(=N)C(=O)C1N. The summed E-state index contributed by atoms with van der Waals surface area (Å²) in [6.45, 7) is 0. The molecule has 0 aromatic rings. The first-order valence-corrected chi connectivity index (χ1v) is 2.59. The van der Waals surface area contributed by atoms with Gasteiger partial charge in [-0.25, -0.2) is 0 Å². The minimum atomic E-state index is -0.595. The highest BCUT2D eigenvalue weighted by Crippen LogP contribution is 2.12. The van der Waals surface area contributed by atoms with E-state index in [1.807, 2.05) is 0 Å². The summed E-state index contributed by atoms with van der Waals surface area (Å²) in [6, 6.07) is -0.595. The van der Waals surface area contributed by atoms with Crippen LogP contribution in [0.5, 0.6) is 0 Å². The topological polar surface area (TPSA) is 76.2 Å². The molecule has 1 rings (SSSR count). The van der Waals surface area contributed by atoms with Gasteiger partial charge in [0.1, 0.15) is 17.9 Å². The van der Waals surface area contributed by atoms with Gasteiger partial charge in [-0.2, -0.15) is 0 Å². The van der Waals surface area contributed by atoms with Gasteiger partial charge in [0.2, 0.25) is 0 Å². The second-order valence-electron chi connectivity index (χ2n) is 1.96. The number of ether oxygens (including phenoxy) is 1. The van der Waals surface area contributed by atoms with Crippen LogP contribution in [0.25, 0.3) is 0 Å². The fourth-order valence-electron chi connectivity index (χ4n) is 0.805. The van der Waals surface area contributed by atoms with E-state index in [4.69, 9.17) is 15.9 Å². The summed E-state index contributed by atoms with van der Waals surface area (Å²) >= 11 is 0. The fraction of sp³-hybridized carbons (Fsp3) is 0.600. The van der Waals surface area contributed by atoms with Crippen molar-refractivity contribution < 1.29 is 9.53 Å². The lowest BCUT2D eigenvalue weighted by Gasteiger charge is -2.30. The Morgan fingerprint density at radius 3 is 2.56 bits per heavy atom. The number of carbonyl (C=O) groups excluding carboxylic acids is 1. The van der Waals surface area contributed by atoms with Gasteiger partial charge in [-0.1, -0.05) is 0 Å². The third kappa shape index (κ3) is 0.674. The first-order valence-electron chi connectivity index (χ1n) is 2.59. The van der Waals surface area contributed by atoms with Crippen LogP contribution in [0.2, 0.25) is 0 Å². The highest BCUT2D eigenvalue weighted by atomic mass is 16.5. The van der Waals surface area contributed by atoms with Crippen LogP contribution >= 0.6 is 0 Å². The maximum Gasteiger partial charge on any atom is 0.198 e. The van der Waals surface area contributed by atoms with Crippen LogP contribution < -0.4 is 5.73 Å². The van der Waals surface area contributed by atoms with Gasteiger partial charge in [-0.15, -0.1) is 0 Å². The summed E-state index contributed by atoms with van der Waals surface area (Å²) in [7, 11) is 1.44. The third-order valence-corrected chi connectivity index (χ3v) is 1.43. The molecule has 0 spiro atoms. The molecule has 0 amide bonds. The maximum absolute atomic E-state index is 10.5. The van der Waals surface area contributed by atoms with Crippen molar-refractivity contribution in [3.63, 3.8) is 0 Å². The average Bonchev–Trinajstić information content (AvgIpc) is 1.89. The fourth-order valence-corrected chi connectivity index (χ4v) is 0.805. The monoisotopic (exact) mass is 128 g/mol. The van der Waals surface area contributed by atoms with Crippen molar-refractivity contribution in [2.24, 2.45) is 5.73 Å². The number of hydrogen-bond donors (Lipinski definition) is 2. The van der Waals surface area contributed by atoms with Gasteiger partial charge in [0.15, 0.2) is 5.78 Å². The second-order valence-corrected chi connectivity index (χ2v) is 1.96. The Bertz CT molecular complexity index is 166. The highest BCUT2D eigenvalue weighted by Gasteiger charge is 2.43. The van der Waals surface area contributed by atoms with Gasteiger partial charge < -0.3 is 10.5 Å². The zero-order chi connectivity index (χ0) is 7.02. The van der Waals surface area contributed by atoms with Crippen LogP contribution in [0, 0.1) is 5.41 Å². The van der Waals surface area contributed by atoms with Crippen LogP contribution in [0.3, 0.4) is 0 Å². The van der Waals surface area contributed by atoms with E-state index in [1.54, 1.807) is 0 Å². The quantitative estimate of drug-likeness (QED) is 0.472. The largest absolute Gasteiger partial charge is 0.373 e. The molecule has 0 radical (unpaired) electrons. The van der Waals surface area contributed by atoms with Crippen molar-refractivity contribution in [2.45, 2.75) is 12.1 Å². The van der Waals surface area contributed by atoms with Gasteiger partial charge in [-0.3, -0.25) is 10.2 Å². The number of nitrogens with two attached hydrogens (primary N) is 1. The molecule has 0 aliphatic heterocycles. The van der Waals surface area contributed by atoms with E-state index in [0.29, 0.717) is 0 Å². The van der Waals surface area contributed by atoms with E-state index in [1.165, 1.54) is 7.11 Å². The lowest BCUT2D eigenvalue weighted by atomic mass is 9.86. The van der Waals surface area contributed by atoms with E-state index >= 15 is 0 Å². The number of methoxy groups -OCH3 is 1. The Labute approximate surface area is 52.5 Å². The van der Waals surface area contributed by atoms with E-state index in [0.717, 1.165) is 0 Å². The molecule has 2 atom stereocenters. The maximum atomic E-state index is 10.5. The van der Waals surface area contributed by atoms with Crippen LogP contribution in [-0.4, -0.2) is 30.8 Å². The molecule has 9 heavy (non-hydrogen) atoms.